The van der Waals surface area contributed by atoms with E-state index in [0.717, 1.165) is 13.0 Å². The summed E-state index contributed by atoms with van der Waals surface area (Å²) in [6.07, 6.45) is 7.56. The molecule has 0 aromatic heterocycles. The van der Waals surface area contributed by atoms with Gasteiger partial charge in [-0.05, 0) is 32.3 Å². The number of halogens is 1. The van der Waals surface area contributed by atoms with Gasteiger partial charge in [-0.15, -0.1) is 0 Å². The van der Waals surface area contributed by atoms with E-state index in [9.17, 15) is 4.79 Å². The molecule has 6 heteroatoms. The minimum Gasteiger partial charge on any atom is -0.496 e. The number of likely N-dealkylation sites (tertiary alicyclic amines) is 1. The molecule has 1 amide bonds. The van der Waals surface area contributed by atoms with Gasteiger partial charge in [0, 0.05) is 30.7 Å². The molecule has 1 heterocycles. The molecule has 2 atom stereocenters. The topological polar surface area (TPSA) is 67.6 Å². The molecule has 3 N–H and O–H groups in total. The molecule has 1 saturated carbocycles. The number of nitrogens with one attached hydrogen (secondary N) is 1. The Hall–Kier alpha value is -1.46. The van der Waals surface area contributed by atoms with Crippen molar-refractivity contribution in [1.82, 2.24) is 10.2 Å². The number of carbonyl (C=O) groups is 1. The number of ether oxygens (including phenoxy) is 1. The van der Waals surface area contributed by atoms with Gasteiger partial charge >= 0.3 is 0 Å². The third kappa shape index (κ3) is 3.87. The van der Waals surface area contributed by atoms with E-state index in [2.05, 4.69) is 17.1 Å². The summed E-state index contributed by atoms with van der Waals surface area (Å²) in [4.78, 5) is 15.3. The fourth-order valence-electron chi connectivity index (χ4n) is 4.25. The van der Waals surface area contributed by atoms with Crippen LogP contribution >= 0.6 is 11.6 Å². The van der Waals surface area contributed by atoms with E-state index in [1.165, 1.54) is 39.2 Å². The normalized spacial score (nSPS) is 25.1. The Morgan fingerprint density at radius 1 is 1.28 bits per heavy atom. The van der Waals surface area contributed by atoms with Gasteiger partial charge in [-0.3, -0.25) is 9.69 Å². The van der Waals surface area contributed by atoms with E-state index in [1.54, 1.807) is 12.1 Å². The molecule has 0 bridgehead atoms. The maximum atomic E-state index is 12.8. The Morgan fingerprint density at radius 3 is 2.68 bits per heavy atom. The lowest BCUT2D eigenvalue weighted by Crippen LogP contribution is -2.47. The van der Waals surface area contributed by atoms with Crippen molar-refractivity contribution in [2.24, 2.45) is 0 Å². The first-order valence-corrected chi connectivity index (χ1v) is 9.58. The number of hydrogen-bond acceptors (Lipinski definition) is 4. The van der Waals surface area contributed by atoms with Crippen molar-refractivity contribution in [1.29, 1.82) is 0 Å². The number of benzene rings is 1. The molecule has 3 rings (SSSR count). The van der Waals surface area contributed by atoms with Gasteiger partial charge in [0.25, 0.3) is 5.91 Å². The first-order chi connectivity index (χ1) is 12.0. The van der Waals surface area contributed by atoms with Crippen molar-refractivity contribution in [2.75, 3.05) is 19.4 Å². The largest absolute Gasteiger partial charge is 0.496 e. The number of hydrogen-bond donors (Lipinski definition) is 2. The van der Waals surface area contributed by atoms with E-state index in [-0.39, 0.29) is 11.9 Å². The molecule has 0 radical (unpaired) electrons. The van der Waals surface area contributed by atoms with E-state index < -0.39 is 0 Å². The second-order valence-corrected chi connectivity index (χ2v) is 7.62. The van der Waals surface area contributed by atoms with Gasteiger partial charge < -0.3 is 15.8 Å². The lowest BCUT2D eigenvalue weighted by atomic mass is 9.93. The summed E-state index contributed by atoms with van der Waals surface area (Å²) in [6, 6.07) is 4.36. The summed E-state index contributed by atoms with van der Waals surface area (Å²) in [5, 5.41) is 3.55. The molecule has 0 spiro atoms. The second kappa shape index (κ2) is 7.83. The lowest BCUT2D eigenvalue weighted by Gasteiger charge is -2.35. The Kier molecular flexibility index (Phi) is 5.74. The summed E-state index contributed by atoms with van der Waals surface area (Å²) in [7, 11) is 1.53. The molecule has 1 aliphatic heterocycles. The molecule has 25 heavy (non-hydrogen) atoms. The van der Waals surface area contributed by atoms with Crippen LogP contribution in [0, 0.1) is 0 Å². The zero-order chi connectivity index (χ0) is 18.0. The van der Waals surface area contributed by atoms with Gasteiger partial charge in [-0.2, -0.15) is 0 Å². The third-order valence-corrected chi connectivity index (χ3v) is 6.05. The summed E-state index contributed by atoms with van der Waals surface area (Å²) in [5.74, 6) is 0.301. The molecule has 1 aromatic carbocycles. The van der Waals surface area contributed by atoms with E-state index in [4.69, 9.17) is 22.1 Å². The molecule has 1 aliphatic carbocycles. The molecular weight excluding hydrogens is 338 g/mol. The highest BCUT2D eigenvalue weighted by Crippen LogP contribution is 2.31. The summed E-state index contributed by atoms with van der Waals surface area (Å²) >= 11 is 6.09. The number of nitrogen functional groups attached to an aromatic ring is 1. The van der Waals surface area contributed by atoms with Gasteiger partial charge in [0.15, 0.2) is 0 Å². The Bertz CT molecular complexity index is 631. The quantitative estimate of drug-likeness (QED) is 0.802. The number of methoxy groups -OCH3 is 1. The van der Waals surface area contributed by atoms with Crippen molar-refractivity contribution in [3.8, 4) is 5.75 Å². The monoisotopic (exact) mass is 365 g/mol. The van der Waals surface area contributed by atoms with E-state index in [1.807, 2.05) is 0 Å². The fraction of sp³-hybridized carbons (Fsp3) is 0.632. The zero-order valence-electron chi connectivity index (χ0n) is 15.1. The van der Waals surface area contributed by atoms with Crippen LogP contribution in [0.2, 0.25) is 5.02 Å². The molecule has 2 aliphatic rings. The minimum atomic E-state index is -0.152. The van der Waals surface area contributed by atoms with Gasteiger partial charge in [0.05, 0.1) is 23.4 Å². The highest BCUT2D eigenvalue weighted by Gasteiger charge is 2.36. The van der Waals surface area contributed by atoms with Crippen molar-refractivity contribution < 1.29 is 9.53 Å². The molecule has 1 saturated heterocycles. The SMILES string of the molecule is COc1cc(N)c(Cl)cc1C(=O)NC1CCN(C2CCCCC2)C1C. The standard InChI is InChI=1S/C19H28ClN3O2/c1-12-17(8-9-23(12)13-6-4-3-5-7-13)22-19(24)14-10-15(20)16(21)11-18(14)25-2/h10-13,17H,3-9,21H2,1-2H3,(H,22,24). The van der Waals surface area contributed by atoms with Crippen molar-refractivity contribution in [3.63, 3.8) is 0 Å². The predicted molar refractivity (Wildman–Crippen MR) is 101 cm³/mol. The number of nitrogens with zero attached hydrogens (tertiary/aromatic N) is 1. The Morgan fingerprint density at radius 2 is 2.00 bits per heavy atom. The van der Waals surface area contributed by atoms with Gasteiger partial charge in [-0.1, -0.05) is 30.9 Å². The number of anilines is 1. The molecule has 2 fully saturated rings. The van der Waals surface area contributed by atoms with Crippen LogP contribution < -0.4 is 15.8 Å². The average Bonchev–Trinajstić information content (AvgIpc) is 2.98. The minimum absolute atomic E-state index is 0.149. The zero-order valence-corrected chi connectivity index (χ0v) is 15.8. The maximum Gasteiger partial charge on any atom is 0.255 e. The predicted octanol–water partition coefficient (Wildman–Crippen LogP) is 3.46. The van der Waals surface area contributed by atoms with Gasteiger partial charge in [0.1, 0.15) is 5.75 Å². The van der Waals surface area contributed by atoms with Crippen molar-refractivity contribution >= 4 is 23.2 Å². The first kappa shape index (κ1) is 18.3. The van der Waals surface area contributed by atoms with Crippen LogP contribution in [-0.4, -0.2) is 42.6 Å². The summed E-state index contributed by atoms with van der Waals surface area (Å²) in [6.45, 7) is 3.27. The average molecular weight is 366 g/mol. The fourth-order valence-corrected chi connectivity index (χ4v) is 4.41. The number of amides is 1. The molecule has 138 valence electrons. The highest BCUT2D eigenvalue weighted by atomic mass is 35.5. The van der Waals surface area contributed by atoms with Crippen LogP contribution in [0.25, 0.3) is 0 Å². The number of rotatable bonds is 4. The van der Waals surface area contributed by atoms with E-state index >= 15 is 0 Å². The van der Waals surface area contributed by atoms with Gasteiger partial charge in [-0.25, -0.2) is 0 Å². The van der Waals surface area contributed by atoms with Crippen LogP contribution in [0.3, 0.4) is 0 Å². The summed E-state index contributed by atoms with van der Waals surface area (Å²) < 4.78 is 5.30. The van der Waals surface area contributed by atoms with Crippen LogP contribution in [-0.2, 0) is 0 Å². The van der Waals surface area contributed by atoms with Crippen LogP contribution in [0.5, 0.6) is 5.75 Å². The molecule has 1 aromatic rings. The van der Waals surface area contributed by atoms with Crippen LogP contribution in [0.4, 0.5) is 5.69 Å². The van der Waals surface area contributed by atoms with Gasteiger partial charge in [0.2, 0.25) is 0 Å². The Labute approximate surface area is 154 Å². The van der Waals surface area contributed by atoms with E-state index in [0.29, 0.717) is 34.1 Å². The first-order valence-electron chi connectivity index (χ1n) is 9.21. The van der Waals surface area contributed by atoms with Crippen LogP contribution in [0.15, 0.2) is 12.1 Å². The molecule has 2 unspecified atom stereocenters. The molecule has 5 nitrogen and oxygen atoms in total. The van der Waals surface area contributed by atoms with Crippen molar-refractivity contribution in [2.45, 2.75) is 63.6 Å². The number of carbonyl (C=O) groups excluding carboxylic acids is 1. The lowest BCUT2D eigenvalue weighted by molar-refractivity contribution is 0.0910. The second-order valence-electron chi connectivity index (χ2n) is 7.21. The van der Waals surface area contributed by atoms with Crippen LogP contribution in [0.1, 0.15) is 55.8 Å². The molecular formula is C19H28ClN3O2. The smallest absolute Gasteiger partial charge is 0.255 e. The number of nitrogens with two attached hydrogens (primary N) is 1. The Balaban J connectivity index is 1.68. The highest BCUT2D eigenvalue weighted by molar-refractivity contribution is 6.33. The summed E-state index contributed by atoms with van der Waals surface area (Å²) in [5.41, 5.74) is 6.65. The third-order valence-electron chi connectivity index (χ3n) is 5.73. The maximum absolute atomic E-state index is 12.8. The van der Waals surface area contributed by atoms with Crippen molar-refractivity contribution in [3.05, 3.63) is 22.7 Å².